The third-order valence-corrected chi connectivity index (χ3v) is 4.04. The van der Waals surface area contributed by atoms with Crippen molar-refractivity contribution in [3.05, 3.63) is 48.0 Å². The molecule has 1 aliphatic rings. The molecular weight excluding hydrogens is 292 g/mol. The summed E-state index contributed by atoms with van der Waals surface area (Å²) in [7, 11) is 0. The van der Waals surface area contributed by atoms with Crippen LogP contribution in [0.25, 0.3) is 10.8 Å². The molecule has 23 heavy (non-hydrogen) atoms. The fourth-order valence-corrected chi connectivity index (χ4v) is 2.82. The van der Waals surface area contributed by atoms with Gasteiger partial charge in [0, 0.05) is 19.5 Å². The highest BCUT2D eigenvalue weighted by Crippen LogP contribution is 2.19. The first-order valence-electron chi connectivity index (χ1n) is 7.75. The van der Waals surface area contributed by atoms with Crippen LogP contribution in [0.4, 0.5) is 4.79 Å². The van der Waals surface area contributed by atoms with Gasteiger partial charge in [-0.3, -0.25) is 4.79 Å². The highest BCUT2D eigenvalue weighted by atomic mass is 16.5. The zero-order valence-corrected chi connectivity index (χ0v) is 12.8. The molecule has 1 atom stereocenters. The Bertz CT molecular complexity index is 690. The summed E-state index contributed by atoms with van der Waals surface area (Å²) in [5.41, 5.74) is 1.03. The van der Waals surface area contributed by atoms with E-state index < -0.39 is 6.04 Å². The lowest BCUT2D eigenvalue weighted by Gasteiger charge is -2.28. The number of morpholine rings is 1. The van der Waals surface area contributed by atoms with Gasteiger partial charge in [0.1, 0.15) is 6.04 Å². The molecule has 1 N–H and O–H groups in total. The Morgan fingerprint density at radius 1 is 1.17 bits per heavy atom. The van der Waals surface area contributed by atoms with Crippen molar-refractivity contribution in [2.24, 2.45) is 0 Å². The number of carbonyl (C=O) groups excluding carboxylic acids is 2. The van der Waals surface area contributed by atoms with E-state index in [1.54, 1.807) is 4.90 Å². The van der Waals surface area contributed by atoms with E-state index in [0.29, 0.717) is 32.7 Å². The van der Waals surface area contributed by atoms with Crippen LogP contribution < -0.4 is 5.32 Å². The molecule has 1 fully saturated rings. The molecule has 5 nitrogen and oxygen atoms in total. The molecule has 0 bridgehead atoms. The molecule has 2 amide bonds. The highest BCUT2D eigenvalue weighted by molar-refractivity contribution is 5.86. The number of amides is 2. The highest BCUT2D eigenvalue weighted by Gasteiger charge is 2.20. The van der Waals surface area contributed by atoms with E-state index in [1.165, 1.54) is 0 Å². The fourth-order valence-electron chi connectivity index (χ4n) is 2.82. The first-order chi connectivity index (χ1) is 11.3. The summed E-state index contributed by atoms with van der Waals surface area (Å²) in [6.07, 6.45) is 2.38. The van der Waals surface area contributed by atoms with Gasteiger partial charge in [-0.2, -0.15) is 0 Å². The summed E-state index contributed by atoms with van der Waals surface area (Å²) in [6.45, 7) is 2.16. The first-order valence-corrected chi connectivity index (χ1v) is 7.75. The number of nitrogens with one attached hydrogen (secondary N) is 1. The maximum absolute atomic E-state index is 12.2. The second-order valence-electron chi connectivity index (χ2n) is 5.56. The zero-order chi connectivity index (χ0) is 16.1. The van der Waals surface area contributed by atoms with E-state index in [2.05, 4.69) is 5.32 Å². The number of carbonyl (C=O) groups is 1. The van der Waals surface area contributed by atoms with Crippen molar-refractivity contribution in [3.63, 3.8) is 0 Å². The van der Waals surface area contributed by atoms with Crippen LogP contribution in [-0.2, 0) is 16.0 Å². The second-order valence-corrected chi connectivity index (χ2v) is 5.56. The number of urea groups is 1. The predicted octanol–water partition coefficient (Wildman–Crippen LogP) is 1.90. The SMILES string of the molecule is O=[C]C(Cc1cccc2ccccc12)NC(=O)N1CCOCC1. The maximum Gasteiger partial charge on any atom is 0.318 e. The second kappa shape index (κ2) is 7.24. The van der Waals surface area contributed by atoms with Crippen LogP contribution in [0.2, 0.25) is 0 Å². The Morgan fingerprint density at radius 2 is 1.91 bits per heavy atom. The molecule has 119 valence electrons. The van der Waals surface area contributed by atoms with Crippen molar-refractivity contribution in [2.45, 2.75) is 12.5 Å². The monoisotopic (exact) mass is 311 g/mol. The smallest absolute Gasteiger partial charge is 0.318 e. The number of rotatable bonds is 4. The number of fused-ring (bicyclic) bond motifs is 1. The van der Waals surface area contributed by atoms with Gasteiger partial charge in [-0.25, -0.2) is 4.79 Å². The molecule has 1 saturated heterocycles. The van der Waals surface area contributed by atoms with E-state index in [9.17, 15) is 9.59 Å². The van der Waals surface area contributed by atoms with Crippen molar-refractivity contribution in [2.75, 3.05) is 26.3 Å². The lowest BCUT2D eigenvalue weighted by atomic mass is 9.99. The molecule has 0 aliphatic carbocycles. The summed E-state index contributed by atoms with van der Waals surface area (Å²) < 4.78 is 5.23. The van der Waals surface area contributed by atoms with Crippen LogP contribution in [0.1, 0.15) is 5.56 Å². The number of ether oxygens (including phenoxy) is 1. The van der Waals surface area contributed by atoms with Gasteiger partial charge in [-0.05, 0) is 16.3 Å². The standard InChI is InChI=1S/C18H19N2O3/c21-13-16(19-18(22)20-8-10-23-11-9-20)12-15-6-3-5-14-4-1-2-7-17(14)15/h1-7,16H,8-12H2,(H,19,22). The van der Waals surface area contributed by atoms with Crippen LogP contribution in [0.5, 0.6) is 0 Å². The molecule has 0 aromatic heterocycles. The van der Waals surface area contributed by atoms with Crippen molar-refractivity contribution in [3.8, 4) is 0 Å². The molecule has 1 heterocycles. The lowest BCUT2D eigenvalue weighted by Crippen LogP contribution is -2.50. The minimum absolute atomic E-state index is 0.234. The molecule has 2 aromatic rings. The molecular formula is C18H19N2O3. The number of benzene rings is 2. The fraction of sp³-hybridized carbons (Fsp3) is 0.333. The molecule has 3 rings (SSSR count). The molecule has 1 aliphatic heterocycles. The number of nitrogens with zero attached hydrogens (tertiary/aromatic N) is 1. The number of hydrogen-bond donors (Lipinski definition) is 1. The maximum atomic E-state index is 12.2. The van der Waals surface area contributed by atoms with Gasteiger partial charge in [0.15, 0.2) is 0 Å². The molecule has 5 heteroatoms. The lowest BCUT2D eigenvalue weighted by molar-refractivity contribution is 0.0529. The van der Waals surface area contributed by atoms with E-state index in [-0.39, 0.29) is 6.03 Å². The van der Waals surface area contributed by atoms with Gasteiger partial charge in [0.05, 0.1) is 13.2 Å². The third-order valence-electron chi connectivity index (χ3n) is 4.04. The Balaban J connectivity index is 1.71. The van der Waals surface area contributed by atoms with E-state index in [0.717, 1.165) is 16.3 Å². The van der Waals surface area contributed by atoms with Gasteiger partial charge in [-0.1, -0.05) is 42.5 Å². The molecule has 0 spiro atoms. The van der Waals surface area contributed by atoms with Gasteiger partial charge >= 0.3 is 6.03 Å². The Hall–Kier alpha value is -2.40. The zero-order valence-electron chi connectivity index (χ0n) is 12.8. The minimum Gasteiger partial charge on any atom is -0.378 e. The quantitative estimate of drug-likeness (QED) is 0.938. The van der Waals surface area contributed by atoms with Crippen LogP contribution in [0, 0.1) is 0 Å². The summed E-state index contributed by atoms with van der Waals surface area (Å²) in [6, 6.07) is 13.1. The summed E-state index contributed by atoms with van der Waals surface area (Å²) in [4.78, 5) is 25.1. The van der Waals surface area contributed by atoms with Crippen LogP contribution in [-0.4, -0.2) is 49.6 Å². The van der Waals surface area contributed by atoms with Gasteiger partial charge < -0.3 is 15.0 Å². The van der Waals surface area contributed by atoms with Crippen LogP contribution in [0.3, 0.4) is 0 Å². The van der Waals surface area contributed by atoms with Crippen LogP contribution >= 0.6 is 0 Å². The van der Waals surface area contributed by atoms with Crippen molar-refractivity contribution < 1.29 is 14.3 Å². The van der Waals surface area contributed by atoms with Crippen LogP contribution in [0.15, 0.2) is 42.5 Å². The van der Waals surface area contributed by atoms with Gasteiger partial charge in [-0.15, -0.1) is 0 Å². The molecule has 0 saturated carbocycles. The van der Waals surface area contributed by atoms with Crippen molar-refractivity contribution >= 4 is 23.1 Å². The van der Waals surface area contributed by atoms with Crippen molar-refractivity contribution in [1.82, 2.24) is 10.2 Å². The molecule has 1 unspecified atom stereocenters. The first kappa shape index (κ1) is 15.5. The van der Waals surface area contributed by atoms with Gasteiger partial charge in [0.25, 0.3) is 0 Å². The Kier molecular flexibility index (Phi) is 4.88. The summed E-state index contributed by atoms with van der Waals surface area (Å²) >= 11 is 0. The Labute approximate surface area is 135 Å². The normalized spacial score (nSPS) is 16.1. The molecule has 2 aromatic carbocycles. The third kappa shape index (κ3) is 3.68. The summed E-state index contributed by atoms with van der Waals surface area (Å²) in [5.74, 6) is 0. The average molecular weight is 311 g/mol. The largest absolute Gasteiger partial charge is 0.378 e. The van der Waals surface area contributed by atoms with E-state index in [1.807, 2.05) is 48.8 Å². The van der Waals surface area contributed by atoms with E-state index >= 15 is 0 Å². The topological polar surface area (TPSA) is 58.6 Å². The minimum atomic E-state index is -0.656. The Morgan fingerprint density at radius 3 is 2.70 bits per heavy atom. The number of hydrogen-bond acceptors (Lipinski definition) is 3. The van der Waals surface area contributed by atoms with Gasteiger partial charge in [0.2, 0.25) is 6.29 Å². The summed E-state index contributed by atoms with van der Waals surface area (Å²) in [5, 5.41) is 4.97. The van der Waals surface area contributed by atoms with E-state index in [4.69, 9.17) is 4.74 Å². The molecule has 1 radical (unpaired) electrons. The van der Waals surface area contributed by atoms with Crippen molar-refractivity contribution in [1.29, 1.82) is 0 Å². The average Bonchev–Trinajstić information content (AvgIpc) is 2.62. The predicted molar refractivity (Wildman–Crippen MR) is 88.1 cm³/mol.